The standard InChI is InChI=1S/C56H67N7O8S.C29H34N2O4.CH4/c1-38-9-6-12-49(50(64)31-38)63-36-48-47(55(63)66)23-19-43(53(48)71-37-42-15-13-41(14-16-42)35-62-26-29-69-30-27-62)20-24-52(65)57-25-8-28-70-45-21-17-40(18-22-45)32-51-58-34-39(2)54(60-51)59-44-10-7-11-46(33-44)72(67,68)61-56(3,4)5;32-23-6-4-8-26(27(33)18-23)31-20-25-24(29(31)34)7-5-9-28(25)35-17-14-21-10-12-22(13-11-21)19-30-15-2-1-3-16-30;/h7,10-11,13-19,21-23,33-34,49,61H,1,6,8-9,12,20,24-32,35-37H2,2-5H3,(H,57,65)(H,58,59,60);5,7,9-13,26H,1-4,6,8,14-20H2;1H4/t49-;26-;/m00./s1. The van der Waals surface area contributed by atoms with Crippen molar-refractivity contribution in [3.8, 4) is 17.2 Å². The van der Waals surface area contributed by atoms with Crippen LogP contribution in [0.1, 0.15) is 188 Å². The van der Waals surface area contributed by atoms with E-state index in [2.05, 4.69) is 85.2 Å². The molecule has 572 valence electrons. The first-order chi connectivity index (χ1) is 51.6. The van der Waals surface area contributed by atoms with E-state index in [1.54, 1.807) is 67.1 Å². The number of fused-ring (bicyclic) bond motifs is 2. The Hall–Kier alpha value is -9.45. The molecule has 1 aromatic heterocycles. The Bertz CT molecular complexity index is 4450. The number of amides is 3. The van der Waals surface area contributed by atoms with Gasteiger partial charge < -0.3 is 39.4 Å². The van der Waals surface area contributed by atoms with E-state index in [0.29, 0.717) is 117 Å². The number of carbonyl (C=O) groups is 6. The molecule has 4 aliphatic heterocycles. The predicted molar refractivity (Wildman–Crippen MR) is 417 cm³/mol. The molecule has 2 atom stereocenters. The molecule has 2 saturated carbocycles. The minimum absolute atomic E-state index is 0. The maximum Gasteiger partial charge on any atom is 0.255 e. The van der Waals surface area contributed by atoms with Gasteiger partial charge in [-0.05, 0) is 180 Å². The van der Waals surface area contributed by atoms with Crippen LogP contribution in [0.15, 0.2) is 151 Å². The number of sulfonamides is 1. The van der Waals surface area contributed by atoms with E-state index in [0.717, 1.165) is 97.6 Å². The van der Waals surface area contributed by atoms with Crippen molar-refractivity contribution in [3.63, 3.8) is 0 Å². The second-order valence-electron chi connectivity index (χ2n) is 30.1. The number of morpholine rings is 1. The summed E-state index contributed by atoms with van der Waals surface area (Å²) in [6.07, 6.45) is 12.2. The number of benzene rings is 6. The van der Waals surface area contributed by atoms with E-state index < -0.39 is 27.6 Å². The van der Waals surface area contributed by atoms with Crippen LogP contribution in [0.4, 0.5) is 11.5 Å². The largest absolute Gasteiger partial charge is 0.494 e. The third-order valence-electron chi connectivity index (χ3n) is 20.5. The number of anilines is 2. The summed E-state index contributed by atoms with van der Waals surface area (Å²) in [5.41, 5.74) is 11.1. The molecule has 0 spiro atoms. The first-order valence-corrected chi connectivity index (χ1v) is 39.4. The second-order valence-corrected chi connectivity index (χ2v) is 31.7. The molecule has 108 heavy (non-hydrogen) atoms. The van der Waals surface area contributed by atoms with Crippen LogP contribution >= 0.6 is 0 Å². The smallest absolute Gasteiger partial charge is 0.255 e. The van der Waals surface area contributed by atoms with Crippen molar-refractivity contribution in [2.75, 3.05) is 64.5 Å². The van der Waals surface area contributed by atoms with Gasteiger partial charge in [0.25, 0.3) is 11.8 Å². The molecule has 22 heteroatoms. The fourth-order valence-electron chi connectivity index (χ4n) is 14.8. The lowest BCUT2D eigenvalue weighted by Crippen LogP contribution is -2.41. The van der Waals surface area contributed by atoms with Crippen molar-refractivity contribution in [3.05, 3.63) is 213 Å². The summed E-state index contributed by atoms with van der Waals surface area (Å²) < 4.78 is 52.8. The molecule has 0 radical (unpaired) electrons. The highest BCUT2D eigenvalue weighted by atomic mass is 32.2. The van der Waals surface area contributed by atoms with E-state index in [4.69, 9.17) is 23.9 Å². The fraction of sp³-hybridized carbons (Fsp3) is 0.442. The first-order valence-electron chi connectivity index (χ1n) is 37.9. The molecule has 13 rings (SSSR count). The zero-order valence-corrected chi connectivity index (χ0v) is 63.1. The van der Waals surface area contributed by atoms with Crippen LogP contribution in [0.25, 0.3) is 0 Å². The molecule has 7 aromatic rings. The summed E-state index contributed by atoms with van der Waals surface area (Å²) in [6.45, 7) is 21.2. The Balaban J connectivity index is 0.000000268. The van der Waals surface area contributed by atoms with Crippen molar-refractivity contribution in [2.24, 2.45) is 0 Å². The molecule has 4 fully saturated rings. The summed E-state index contributed by atoms with van der Waals surface area (Å²) >= 11 is 0. The van der Waals surface area contributed by atoms with Gasteiger partial charge in [-0.3, -0.25) is 38.6 Å². The van der Waals surface area contributed by atoms with Gasteiger partial charge in [0.1, 0.15) is 41.3 Å². The Morgan fingerprint density at radius 3 is 1.99 bits per heavy atom. The van der Waals surface area contributed by atoms with E-state index >= 15 is 0 Å². The van der Waals surface area contributed by atoms with Gasteiger partial charge in [0, 0.05) is 110 Å². The van der Waals surface area contributed by atoms with Crippen molar-refractivity contribution in [2.45, 2.75) is 193 Å². The molecule has 0 bridgehead atoms. The van der Waals surface area contributed by atoms with Crippen LogP contribution in [0.2, 0.25) is 0 Å². The highest BCUT2D eigenvalue weighted by molar-refractivity contribution is 7.89. The third kappa shape index (κ3) is 21.5. The van der Waals surface area contributed by atoms with Gasteiger partial charge in [0.2, 0.25) is 15.9 Å². The van der Waals surface area contributed by atoms with Crippen LogP contribution in [0.5, 0.6) is 17.2 Å². The number of aryl methyl sites for hydroxylation is 2. The van der Waals surface area contributed by atoms with Gasteiger partial charge in [-0.25, -0.2) is 23.1 Å². The van der Waals surface area contributed by atoms with Crippen LogP contribution in [0, 0.1) is 6.92 Å². The maximum atomic E-state index is 13.9. The summed E-state index contributed by atoms with van der Waals surface area (Å²) in [4.78, 5) is 95.6. The van der Waals surface area contributed by atoms with Crippen LogP contribution in [-0.4, -0.2) is 150 Å². The lowest BCUT2D eigenvalue weighted by Gasteiger charge is -2.26. The van der Waals surface area contributed by atoms with Gasteiger partial charge in [0.15, 0.2) is 11.6 Å². The normalized spacial score (nSPS) is 17.9. The third-order valence-corrected chi connectivity index (χ3v) is 22.2. The van der Waals surface area contributed by atoms with E-state index in [9.17, 15) is 37.2 Å². The Kier molecular flexibility index (Phi) is 27.3. The predicted octanol–water partition coefficient (Wildman–Crippen LogP) is 13.1. The zero-order chi connectivity index (χ0) is 75.0. The molecule has 0 unspecified atom stereocenters. The number of piperidine rings is 1. The number of Topliss-reactive ketones (excluding diaryl/α,β-unsaturated/α-hetero) is 3. The van der Waals surface area contributed by atoms with Gasteiger partial charge in [0.05, 0.1) is 62.9 Å². The number of ether oxygens (including phenoxy) is 4. The van der Waals surface area contributed by atoms with Gasteiger partial charge in [-0.15, -0.1) is 0 Å². The minimum Gasteiger partial charge on any atom is -0.494 e. The molecular formula is C86H105N9O12S. The van der Waals surface area contributed by atoms with Crippen molar-refractivity contribution < 1.29 is 56.1 Å². The topological polar surface area (TPSA) is 248 Å². The molecule has 3 N–H and O–H groups in total. The Morgan fingerprint density at radius 1 is 0.657 bits per heavy atom. The molecule has 21 nitrogen and oxygen atoms in total. The number of nitrogens with one attached hydrogen (secondary N) is 3. The quantitative estimate of drug-likeness (QED) is 0.0187. The molecule has 2 aliphatic carbocycles. The van der Waals surface area contributed by atoms with Crippen LogP contribution in [0.3, 0.4) is 0 Å². The number of hydrogen-bond acceptors (Lipinski definition) is 17. The minimum atomic E-state index is -3.71. The average molecular weight is 1490 g/mol. The molecule has 6 aromatic carbocycles. The Morgan fingerprint density at radius 2 is 1.29 bits per heavy atom. The molecule has 6 aliphatic rings. The summed E-state index contributed by atoms with van der Waals surface area (Å²) in [7, 11) is -3.71. The zero-order valence-electron chi connectivity index (χ0n) is 62.3. The number of rotatable bonds is 27. The van der Waals surface area contributed by atoms with Gasteiger partial charge in [-0.1, -0.05) is 105 Å². The number of carbonyl (C=O) groups excluding carboxylic acids is 6. The van der Waals surface area contributed by atoms with E-state index in [1.165, 1.54) is 49.0 Å². The summed E-state index contributed by atoms with van der Waals surface area (Å²) in [5.74, 6) is 2.66. The summed E-state index contributed by atoms with van der Waals surface area (Å²) in [5, 5.41) is 6.29. The lowest BCUT2D eigenvalue weighted by atomic mass is 10.0. The van der Waals surface area contributed by atoms with Gasteiger partial charge >= 0.3 is 0 Å². The molecule has 3 amide bonds. The van der Waals surface area contributed by atoms with Crippen molar-refractivity contribution >= 4 is 56.6 Å². The highest BCUT2D eigenvalue weighted by Gasteiger charge is 2.41. The number of hydrogen-bond donors (Lipinski definition) is 3. The summed E-state index contributed by atoms with van der Waals surface area (Å²) in [6, 6.07) is 39.8. The molecule has 5 heterocycles. The van der Waals surface area contributed by atoms with Crippen molar-refractivity contribution in [1.29, 1.82) is 0 Å². The first kappa shape index (κ1) is 79.6. The monoisotopic (exact) mass is 1490 g/mol. The average Bonchev–Trinajstić information content (AvgIpc) is 1.62. The highest BCUT2D eigenvalue weighted by Crippen LogP contribution is 2.39. The van der Waals surface area contributed by atoms with E-state index in [1.807, 2.05) is 55.5 Å². The van der Waals surface area contributed by atoms with Crippen LogP contribution in [-0.2, 0) is 86.0 Å². The molecule has 2 saturated heterocycles. The SMILES string of the molecule is C.C=C1CCC[C@H](N2Cc3c(ccc(CCC(=O)NCCCOc4ccc(Cc5ncc(C)c(Nc6cccc(S(=O)(=O)NC(C)(C)C)c6)n5)cc4)c3OCc3ccc(CN4CCOCC4)cc3)C2=O)C(=O)C1.O=C1CCC[C@H](N2Cc3c(OCCc4ccc(CN5CCCCC5)cc4)cccc3C2=O)C(=O)C1. The van der Waals surface area contributed by atoms with Gasteiger partial charge in [-0.2, -0.15) is 0 Å². The van der Waals surface area contributed by atoms with Crippen molar-refractivity contribution in [1.82, 2.24) is 39.6 Å². The number of allylic oxidation sites excluding steroid dienone is 1. The molecular weight excluding hydrogens is 1380 g/mol. The van der Waals surface area contributed by atoms with Crippen LogP contribution < -0.4 is 29.6 Å². The lowest BCUT2D eigenvalue weighted by molar-refractivity contribution is -0.128. The number of likely N-dealkylation sites (tertiary alicyclic amines) is 1. The second kappa shape index (κ2) is 37.1. The number of nitrogens with zero attached hydrogens (tertiary/aromatic N) is 6. The fourth-order valence-corrected chi connectivity index (χ4v) is 16.2. The van der Waals surface area contributed by atoms with E-state index in [-0.39, 0.29) is 79.8 Å². The Labute approximate surface area is 636 Å². The number of aromatic nitrogens is 2. The number of ketones is 3. The maximum absolute atomic E-state index is 13.9.